The topological polar surface area (TPSA) is 123 Å². The number of methoxy groups -OCH3 is 1. The van der Waals surface area contributed by atoms with Crippen LogP contribution in [0.1, 0.15) is 36.9 Å². The Bertz CT molecular complexity index is 1840. The number of rotatable bonds is 9. The summed E-state index contributed by atoms with van der Waals surface area (Å²) in [6.07, 6.45) is 0.247. The van der Waals surface area contributed by atoms with E-state index >= 15 is 0 Å². The van der Waals surface area contributed by atoms with Gasteiger partial charge in [-0.3, -0.25) is 23.9 Å². The van der Waals surface area contributed by atoms with Crippen molar-refractivity contribution in [3.63, 3.8) is 0 Å². The first kappa shape index (κ1) is 27.9. The summed E-state index contributed by atoms with van der Waals surface area (Å²) in [6, 6.07) is 26.9. The van der Waals surface area contributed by atoms with E-state index in [1.54, 1.807) is 36.4 Å². The lowest BCUT2D eigenvalue weighted by molar-refractivity contribution is -0.113. The predicted octanol–water partition coefficient (Wildman–Crippen LogP) is 4.78. The standard InChI is InChI=1S/C32H25N5O5S/c1-42-31(41)22-13-5-6-16-25(22)33-27(38)19-43-32-35-34-26(37(32)21-11-3-2-4-12-21)17-18-36-29(39)23-14-7-9-20-10-8-15-24(28(20)23)30(36)40/h2-16H,17-19H2,1H3,(H,33,38). The SMILES string of the molecule is COC(=O)c1ccccc1NC(=O)CSc1nnc(CCN2C(=O)c3cccc4cccc(c34)C2=O)n1-c1ccccc1. The number of anilines is 1. The van der Waals surface area contributed by atoms with Crippen molar-refractivity contribution >= 4 is 51.9 Å². The fraction of sp³-hybridized carbons (Fsp3) is 0.125. The van der Waals surface area contributed by atoms with Crippen LogP contribution in [-0.4, -0.2) is 62.8 Å². The van der Waals surface area contributed by atoms with Crippen LogP contribution < -0.4 is 5.32 Å². The van der Waals surface area contributed by atoms with E-state index in [0.29, 0.717) is 33.2 Å². The maximum absolute atomic E-state index is 13.4. The van der Waals surface area contributed by atoms with Crippen LogP contribution in [0, 0.1) is 0 Å². The minimum Gasteiger partial charge on any atom is -0.465 e. The summed E-state index contributed by atoms with van der Waals surface area (Å²) in [5, 5.41) is 13.4. The molecule has 43 heavy (non-hydrogen) atoms. The van der Waals surface area contributed by atoms with Gasteiger partial charge in [-0.05, 0) is 41.8 Å². The van der Waals surface area contributed by atoms with Crippen LogP contribution in [0.25, 0.3) is 16.5 Å². The molecular weight excluding hydrogens is 566 g/mol. The molecule has 1 aliphatic rings. The van der Waals surface area contributed by atoms with E-state index < -0.39 is 5.97 Å². The Morgan fingerprint density at radius 3 is 2.21 bits per heavy atom. The van der Waals surface area contributed by atoms with Crippen LogP contribution in [0.5, 0.6) is 0 Å². The molecule has 5 aromatic rings. The van der Waals surface area contributed by atoms with Crippen molar-refractivity contribution in [2.24, 2.45) is 0 Å². The van der Waals surface area contributed by atoms with Crippen molar-refractivity contribution in [3.05, 3.63) is 114 Å². The summed E-state index contributed by atoms with van der Waals surface area (Å²) in [5.74, 6) is -1.07. The van der Waals surface area contributed by atoms with Gasteiger partial charge in [0.15, 0.2) is 5.16 Å². The van der Waals surface area contributed by atoms with E-state index in [4.69, 9.17) is 4.74 Å². The fourth-order valence-corrected chi connectivity index (χ4v) is 5.85. The molecule has 0 fully saturated rings. The van der Waals surface area contributed by atoms with E-state index in [1.807, 2.05) is 59.2 Å². The number of imide groups is 1. The van der Waals surface area contributed by atoms with Crippen LogP contribution >= 0.6 is 11.8 Å². The molecule has 214 valence electrons. The van der Waals surface area contributed by atoms with Gasteiger partial charge in [-0.25, -0.2) is 4.79 Å². The number of amides is 3. The highest BCUT2D eigenvalue weighted by Crippen LogP contribution is 2.30. The normalized spacial score (nSPS) is 12.4. The molecule has 1 aliphatic heterocycles. The molecule has 0 bridgehead atoms. The van der Waals surface area contributed by atoms with Crippen molar-refractivity contribution in [3.8, 4) is 5.69 Å². The fourth-order valence-electron chi connectivity index (χ4n) is 5.08. The number of para-hydroxylation sites is 2. The van der Waals surface area contributed by atoms with E-state index in [0.717, 1.165) is 11.1 Å². The van der Waals surface area contributed by atoms with Gasteiger partial charge in [0.1, 0.15) is 5.82 Å². The van der Waals surface area contributed by atoms with Crippen LogP contribution in [0.3, 0.4) is 0 Å². The summed E-state index contributed by atoms with van der Waals surface area (Å²) < 4.78 is 6.62. The molecule has 1 N–H and O–H groups in total. The van der Waals surface area contributed by atoms with Crippen LogP contribution in [0.2, 0.25) is 0 Å². The van der Waals surface area contributed by atoms with Crippen molar-refractivity contribution in [2.75, 3.05) is 24.7 Å². The molecule has 0 saturated carbocycles. The second-order valence-corrected chi connectivity index (χ2v) is 10.6. The van der Waals surface area contributed by atoms with Gasteiger partial charge >= 0.3 is 5.97 Å². The highest BCUT2D eigenvalue weighted by molar-refractivity contribution is 7.99. The molecule has 11 heteroatoms. The minimum atomic E-state index is -0.553. The Morgan fingerprint density at radius 1 is 0.837 bits per heavy atom. The van der Waals surface area contributed by atoms with E-state index in [9.17, 15) is 19.2 Å². The van der Waals surface area contributed by atoms with Crippen molar-refractivity contribution < 1.29 is 23.9 Å². The highest BCUT2D eigenvalue weighted by Gasteiger charge is 2.33. The summed E-state index contributed by atoms with van der Waals surface area (Å²) in [6.45, 7) is 0.100. The number of carbonyl (C=O) groups excluding carboxylic acids is 4. The molecule has 0 spiro atoms. The number of aromatic nitrogens is 3. The average molecular weight is 592 g/mol. The first-order valence-corrected chi connectivity index (χ1v) is 14.4. The average Bonchev–Trinajstić information content (AvgIpc) is 3.45. The molecular formula is C32H25N5O5S. The molecule has 6 rings (SSSR count). The Balaban J connectivity index is 1.21. The number of esters is 1. The molecule has 0 aliphatic carbocycles. The number of ether oxygens (including phenoxy) is 1. The Hall–Kier alpha value is -5.29. The third-order valence-electron chi connectivity index (χ3n) is 7.07. The van der Waals surface area contributed by atoms with Gasteiger partial charge in [0.05, 0.1) is 24.1 Å². The van der Waals surface area contributed by atoms with Gasteiger partial charge < -0.3 is 10.1 Å². The number of carbonyl (C=O) groups is 4. The number of nitrogens with zero attached hydrogens (tertiary/aromatic N) is 4. The summed E-state index contributed by atoms with van der Waals surface area (Å²) >= 11 is 1.17. The highest BCUT2D eigenvalue weighted by atomic mass is 32.2. The van der Waals surface area contributed by atoms with E-state index in [1.165, 1.54) is 23.8 Å². The Labute approximate surface area is 250 Å². The first-order chi connectivity index (χ1) is 21.0. The zero-order chi connectivity index (χ0) is 29.9. The van der Waals surface area contributed by atoms with Crippen LogP contribution in [0.15, 0.2) is 96.2 Å². The quantitative estimate of drug-likeness (QED) is 0.148. The van der Waals surface area contributed by atoms with Crippen molar-refractivity contribution in [1.82, 2.24) is 19.7 Å². The van der Waals surface area contributed by atoms with Crippen LogP contribution in [0.4, 0.5) is 5.69 Å². The van der Waals surface area contributed by atoms with Crippen molar-refractivity contribution in [2.45, 2.75) is 11.6 Å². The first-order valence-electron chi connectivity index (χ1n) is 13.4. The van der Waals surface area contributed by atoms with E-state index in [2.05, 4.69) is 15.5 Å². The maximum Gasteiger partial charge on any atom is 0.339 e. The monoisotopic (exact) mass is 591 g/mol. The van der Waals surface area contributed by atoms with Crippen molar-refractivity contribution in [1.29, 1.82) is 0 Å². The Morgan fingerprint density at radius 2 is 1.51 bits per heavy atom. The number of nitrogens with one attached hydrogen (secondary N) is 1. The maximum atomic E-state index is 13.4. The molecule has 2 heterocycles. The second kappa shape index (κ2) is 11.9. The molecule has 3 amide bonds. The molecule has 10 nitrogen and oxygen atoms in total. The number of hydrogen-bond donors (Lipinski definition) is 1. The summed E-state index contributed by atoms with van der Waals surface area (Å²) in [7, 11) is 1.28. The molecule has 0 saturated heterocycles. The zero-order valence-corrected chi connectivity index (χ0v) is 23.8. The summed E-state index contributed by atoms with van der Waals surface area (Å²) in [4.78, 5) is 53.0. The third-order valence-corrected chi connectivity index (χ3v) is 8.00. The largest absolute Gasteiger partial charge is 0.465 e. The van der Waals surface area contributed by atoms with Crippen LogP contribution in [-0.2, 0) is 16.0 Å². The lowest BCUT2D eigenvalue weighted by Gasteiger charge is -2.27. The zero-order valence-electron chi connectivity index (χ0n) is 23.0. The van der Waals surface area contributed by atoms with Gasteiger partial charge in [0.25, 0.3) is 11.8 Å². The molecule has 4 aromatic carbocycles. The minimum absolute atomic E-state index is 0.00956. The number of hydrogen-bond acceptors (Lipinski definition) is 8. The lowest BCUT2D eigenvalue weighted by atomic mass is 9.94. The predicted molar refractivity (Wildman–Crippen MR) is 162 cm³/mol. The summed E-state index contributed by atoms with van der Waals surface area (Å²) in [5.41, 5.74) is 2.35. The molecule has 0 unspecified atom stereocenters. The smallest absolute Gasteiger partial charge is 0.339 e. The lowest BCUT2D eigenvalue weighted by Crippen LogP contribution is -2.41. The van der Waals surface area contributed by atoms with Gasteiger partial charge in [-0.2, -0.15) is 0 Å². The molecule has 0 atom stereocenters. The van der Waals surface area contributed by atoms with E-state index in [-0.39, 0.29) is 42.0 Å². The third kappa shape index (κ3) is 5.38. The Kier molecular flexibility index (Phi) is 7.71. The molecule has 0 radical (unpaired) electrons. The molecule has 1 aromatic heterocycles. The second-order valence-electron chi connectivity index (χ2n) is 9.66. The number of benzene rings is 4. The van der Waals surface area contributed by atoms with Gasteiger partial charge in [-0.1, -0.05) is 66.4 Å². The number of thioether (sulfide) groups is 1. The van der Waals surface area contributed by atoms with Gasteiger partial charge in [-0.15, -0.1) is 10.2 Å². The van der Waals surface area contributed by atoms with Gasteiger partial charge in [0.2, 0.25) is 5.91 Å². The van der Waals surface area contributed by atoms with Gasteiger partial charge in [0, 0.05) is 35.2 Å².